The van der Waals surface area contributed by atoms with Crippen LogP contribution in [-0.4, -0.2) is 27.8 Å². The summed E-state index contributed by atoms with van der Waals surface area (Å²) in [6.07, 6.45) is 0. The lowest BCUT2D eigenvalue weighted by Crippen LogP contribution is -2.41. The minimum atomic E-state index is -0.598. The van der Waals surface area contributed by atoms with Crippen molar-refractivity contribution >= 4 is 40.2 Å². The first-order valence-corrected chi connectivity index (χ1v) is 9.28. The molecule has 0 saturated carbocycles. The number of halogens is 1. The molecule has 2 N–H and O–H groups in total. The molecular formula is C18H16ClN3O3S. The molecule has 0 radical (unpaired) electrons. The van der Waals surface area contributed by atoms with Crippen molar-refractivity contribution < 1.29 is 4.79 Å². The average Bonchev–Trinajstić information content (AvgIpc) is 2.64. The molecule has 134 valence electrons. The normalized spacial score (nSPS) is 10.8. The van der Waals surface area contributed by atoms with Crippen LogP contribution in [0.25, 0.3) is 10.9 Å². The number of rotatable bonds is 6. The fraction of sp³-hybridized carbons (Fsp3) is 0.167. The molecule has 0 atom stereocenters. The maximum atomic E-state index is 12.4. The molecule has 8 heteroatoms. The number of aromatic amines is 1. The summed E-state index contributed by atoms with van der Waals surface area (Å²) in [7, 11) is 0. The number of nitrogens with one attached hydrogen (secondary N) is 2. The van der Waals surface area contributed by atoms with E-state index in [1.807, 2.05) is 12.1 Å². The molecule has 1 heterocycles. The number of hydrogen-bond acceptors (Lipinski definition) is 4. The van der Waals surface area contributed by atoms with Gasteiger partial charge in [-0.25, -0.2) is 4.79 Å². The highest BCUT2D eigenvalue weighted by Crippen LogP contribution is 2.19. The van der Waals surface area contributed by atoms with E-state index in [1.165, 1.54) is 0 Å². The van der Waals surface area contributed by atoms with Crippen molar-refractivity contribution in [1.29, 1.82) is 0 Å². The molecule has 0 aliphatic carbocycles. The third-order valence-corrected chi connectivity index (χ3v) is 4.96. The van der Waals surface area contributed by atoms with E-state index in [0.29, 0.717) is 28.2 Å². The van der Waals surface area contributed by atoms with Gasteiger partial charge in [0, 0.05) is 22.2 Å². The zero-order valence-corrected chi connectivity index (χ0v) is 15.3. The molecule has 0 aliphatic rings. The van der Waals surface area contributed by atoms with E-state index < -0.39 is 11.2 Å². The fourth-order valence-corrected chi connectivity index (χ4v) is 3.33. The second-order valence-electron chi connectivity index (χ2n) is 5.52. The standard InChI is InChI=1S/C18H16ClN3O3S/c19-12-5-7-13(8-6-12)26-10-9-20-16(23)11-22-17(24)14-3-1-2-4-15(14)21-18(22)25/h1-8H,9-11H2,(H,20,23)(H,21,25). The summed E-state index contributed by atoms with van der Waals surface area (Å²) in [6, 6.07) is 14.1. The molecule has 3 aromatic rings. The van der Waals surface area contributed by atoms with Crippen LogP contribution in [0, 0.1) is 0 Å². The highest BCUT2D eigenvalue weighted by Gasteiger charge is 2.10. The van der Waals surface area contributed by atoms with Gasteiger partial charge in [-0.15, -0.1) is 11.8 Å². The lowest BCUT2D eigenvalue weighted by molar-refractivity contribution is -0.121. The Bertz CT molecular complexity index is 1040. The Hall–Kier alpha value is -2.51. The van der Waals surface area contributed by atoms with Crippen LogP contribution in [-0.2, 0) is 11.3 Å². The highest BCUT2D eigenvalue weighted by molar-refractivity contribution is 7.99. The monoisotopic (exact) mass is 389 g/mol. The summed E-state index contributed by atoms with van der Waals surface area (Å²) in [5, 5.41) is 3.76. The van der Waals surface area contributed by atoms with Gasteiger partial charge in [0.25, 0.3) is 5.56 Å². The maximum absolute atomic E-state index is 12.4. The molecule has 6 nitrogen and oxygen atoms in total. The van der Waals surface area contributed by atoms with E-state index in [0.717, 1.165) is 9.46 Å². The molecule has 0 aliphatic heterocycles. The third-order valence-electron chi connectivity index (χ3n) is 3.70. The molecule has 2 aromatic carbocycles. The molecule has 0 bridgehead atoms. The molecule has 0 spiro atoms. The van der Waals surface area contributed by atoms with Crippen LogP contribution in [0.4, 0.5) is 0 Å². The first-order valence-electron chi connectivity index (χ1n) is 7.91. The van der Waals surface area contributed by atoms with Crippen molar-refractivity contribution in [2.24, 2.45) is 0 Å². The lowest BCUT2D eigenvalue weighted by Gasteiger charge is -2.08. The summed E-state index contributed by atoms with van der Waals surface area (Å²) >= 11 is 7.41. The van der Waals surface area contributed by atoms with Gasteiger partial charge in [0.2, 0.25) is 5.91 Å². The molecule has 0 saturated heterocycles. The minimum absolute atomic E-state index is 0.315. The predicted octanol–water partition coefficient (Wildman–Crippen LogP) is 2.25. The number of aromatic nitrogens is 2. The van der Waals surface area contributed by atoms with E-state index in [9.17, 15) is 14.4 Å². The molecular weight excluding hydrogens is 374 g/mol. The average molecular weight is 390 g/mol. The van der Waals surface area contributed by atoms with Crippen molar-refractivity contribution in [3.05, 3.63) is 74.4 Å². The predicted molar refractivity (Wildman–Crippen MR) is 104 cm³/mol. The zero-order valence-electron chi connectivity index (χ0n) is 13.7. The molecule has 3 rings (SSSR count). The Morgan fingerprint density at radius 2 is 1.85 bits per heavy atom. The van der Waals surface area contributed by atoms with Crippen molar-refractivity contribution in [2.75, 3.05) is 12.3 Å². The second-order valence-corrected chi connectivity index (χ2v) is 7.12. The third kappa shape index (κ3) is 4.36. The van der Waals surface area contributed by atoms with E-state index in [-0.39, 0.29) is 12.5 Å². The number of hydrogen-bond donors (Lipinski definition) is 2. The van der Waals surface area contributed by atoms with Gasteiger partial charge >= 0.3 is 5.69 Å². The second kappa shape index (κ2) is 8.25. The van der Waals surface area contributed by atoms with Gasteiger partial charge in [0.05, 0.1) is 10.9 Å². The lowest BCUT2D eigenvalue weighted by atomic mass is 10.2. The number of thioether (sulfide) groups is 1. The summed E-state index contributed by atoms with van der Waals surface area (Å²) in [4.78, 5) is 40.1. The van der Waals surface area contributed by atoms with Crippen LogP contribution < -0.4 is 16.6 Å². The van der Waals surface area contributed by atoms with Gasteiger partial charge in [-0.1, -0.05) is 23.7 Å². The van der Waals surface area contributed by atoms with Crippen molar-refractivity contribution in [3.8, 4) is 0 Å². The number of amides is 1. The summed E-state index contributed by atoms with van der Waals surface area (Å²) in [5.74, 6) is 0.278. The van der Waals surface area contributed by atoms with Crippen molar-refractivity contribution in [3.63, 3.8) is 0 Å². The van der Waals surface area contributed by atoms with Crippen LogP contribution in [0.15, 0.2) is 63.0 Å². The number of nitrogens with zero attached hydrogens (tertiary/aromatic N) is 1. The number of carbonyl (C=O) groups is 1. The SMILES string of the molecule is O=C(Cn1c(=O)[nH]c2ccccc2c1=O)NCCSc1ccc(Cl)cc1. The van der Waals surface area contributed by atoms with E-state index in [1.54, 1.807) is 48.2 Å². The van der Waals surface area contributed by atoms with Crippen molar-refractivity contribution in [1.82, 2.24) is 14.9 Å². The van der Waals surface area contributed by atoms with Crippen LogP contribution in [0.1, 0.15) is 0 Å². The molecule has 0 unspecified atom stereocenters. The maximum Gasteiger partial charge on any atom is 0.329 e. The largest absolute Gasteiger partial charge is 0.354 e. The zero-order chi connectivity index (χ0) is 18.5. The molecule has 1 amide bonds. The van der Waals surface area contributed by atoms with Gasteiger partial charge in [0.1, 0.15) is 6.54 Å². The van der Waals surface area contributed by atoms with E-state index >= 15 is 0 Å². The van der Waals surface area contributed by atoms with Crippen LogP contribution in [0.2, 0.25) is 5.02 Å². The Balaban J connectivity index is 1.58. The quantitative estimate of drug-likeness (QED) is 0.500. The number of fused-ring (bicyclic) bond motifs is 1. The van der Waals surface area contributed by atoms with Crippen LogP contribution >= 0.6 is 23.4 Å². The van der Waals surface area contributed by atoms with E-state index in [4.69, 9.17) is 11.6 Å². The number of para-hydroxylation sites is 1. The van der Waals surface area contributed by atoms with Gasteiger partial charge in [-0.05, 0) is 36.4 Å². The number of H-pyrrole nitrogens is 1. The Kier molecular flexibility index (Phi) is 5.80. The molecule has 1 aromatic heterocycles. The van der Waals surface area contributed by atoms with Crippen LogP contribution in [0.5, 0.6) is 0 Å². The summed E-state index contributed by atoms with van der Waals surface area (Å²) in [5.41, 5.74) is -0.618. The smallest absolute Gasteiger partial charge is 0.329 e. The minimum Gasteiger partial charge on any atom is -0.354 e. The Labute approximate surface area is 158 Å². The summed E-state index contributed by atoms with van der Waals surface area (Å²) in [6.45, 7) is 0.108. The van der Waals surface area contributed by atoms with Gasteiger partial charge in [-0.3, -0.25) is 14.2 Å². The van der Waals surface area contributed by atoms with Crippen LogP contribution in [0.3, 0.4) is 0 Å². The summed E-state index contributed by atoms with van der Waals surface area (Å²) < 4.78 is 0.907. The number of carbonyl (C=O) groups excluding carboxylic acids is 1. The Morgan fingerprint density at radius 1 is 1.12 bits per heavy atom. The first-order chi connectivity index (χ1) is 12.5. The fourth-order valence-electron chi connectivity index (χ4n) is 2.43. The Morgan fingerprint density at radius 3 is 2.62 bits per heavy atom. The van der Waals surface area contributed by atoms with Gasteiger partial charge < -0.3 is 10.3 Å². The molecule has 0 fully saturated rings. The topological polar surface area (TPSA) is 84.0 Å². The molecule has 26 heavy (non-hydrogen) atoms. The van der Waals surface area contributed by atoms with Gasteiger partial charge in [-0.2, -0.15) is 0 Å². The number of benzene rings is 2. The van der Waals surface area contributed by atoms with Crippen molar-refractivity contribution in [2.45, 2.75) is 11.4 Å². The first kappa shape index (κ1) is 18.3. The highest BCUT2D eigenvalue weighted by atomic mass is 35.5. The van der Waals surface area contributed by atoms with Gasteiger partial charge in [0.15, 0.2) is 0 Å². The van der Waals surface area contributed by atoms with E-state index in [2.05, 4.69) is 10.3 Å².